The number of para-hydroxylation sites is 2. The van der Waals surface area contributed by atoms with Gasteiger partial charge >= 0.3 is 0 Å². The Morgan fingerprint density at radius 3 is 2.78 bits per heavy atom. The summed E-state index contributed by atoms with van der Waals surface area (Å²) in [5, 5.41) is 4.15. The highest BCUT2D eigenvalue weighted by Crippen LogP contribution is 2.38. The summed E-state index contributed by atoms with van der Waals surface area (Å²) >= 11 is 7.76. The Labute approximate surface area is 166 Å². The van der Waals surface area contributed by atoms with Crippen LogP contribution in [0.3, 0.4) is 0 Å². The molecule has 3 aromatic rings. The smallest absolute Gasteiger partial charge is 0.267 e. The van der Waals surface area contributed by atoms with E-state index in [1.165, 1.54) is 11.3 Å². The maximum Gasteiger partial charge on any atom is 0.267 e. The molecular weight excluding hydrogens is 386 g/mol. The Hall–Kier alpha value is -2.28. The van der Waals surface area contributed by atoms with Crippen LogP contribution in [-0.2, 0) is 4.74 Å². The number of ether oxygens (including phenoxy) is 3. The topological polar surface area (TPSA) is 56.8 Å². The fraction of sp³-hybridized carbons (Fsp3) is 0.250. The first-order valence-corrected chi connectivity index (χ1v) is 9.70. The van der Waals surface area contributed by atoms with Crippen molar-refractivity contribution in [2.24, 2.45) is 0 Å². The third-order valence-electron chi connectivity index (χ3n) is 3.87. The number of rotatable bonds is 8. The van der Waals surface area contributed by atoms with Crippen molar-refractivity contribution in [3.63, 3.8) is 0 Å². The number of hydrogen-bond donors (Lipinski definition) is 1. The van der Waals surface area contributed by atoms with Crippen LogP contribution in [0.25, 0.3) is 10.1 Å². The monoisotopic (exact) mass is 405 g/mol. The van der Waals surface area contributed by atoms with E-state index < -0.39 is 0 Å². The number of benzene rings is 2. The zero-order chi connectivity index (χ0) is 19.2. The molecule has 0 fully saturated rings. The van der Waals surface area contributed by atoms with E-state index >= 15 is 0 Å². The summed E-state index contributed by atoms with van der Waals surface area (Å²) in [6.45, 7) is 3.46. The number of halogens is 1. The fourth-order valence-electron chi connectivity index (χ4n) is 2.55. The van der Waals surface area contributed by atoms with Crippen LogP contribution in [-0.4, -0.2) is 32.8 Å². The minimum atomic E-state index is -0.277. The first-order valence-electron chi connectivity index (χ1n) is 8.51. The number of nitrogens with one attached hydrogen (secondary N) is 1. The molecule has 0 saturated heterocycles. The molecule has 1 heterocycles. The summed E-state index contributed by atoms with van der Waals surface area (Å²) in [5.41, 5.74) is 0.588. The second-order valence-electron chi connectivity index (χ2n) is 5.60. The van der Waals surface area contributed by atoms with E-state index in [2.05, 4.69) is 5.32 Å². The molecule has 0 radical (unpaired) electrons. The predicted molar refractivity (Wildman–Crippen MR) is 110 cm³/mol. The van der Waals surface area contributed by atoms with Gasteiger partial charge in [0, 0.05) is 16.7 Å². The average molecular weight is 406 g/mol. The van der Waals surface area contributed by atoms with Gasteiger partial charge < -0.3 is 19.5 Å². The highest BCUT2D eigenvalue weighted by atomic mass is 35.5. The maximum absolute atomic E-state index is 12.8. The molecule has 2 aromatic carbocycles. The van der Waals surface area contributed by atoms with Gasteiger partial charge in [-0.05, 0) is 37.3 Å². The van der Waals surface area contributed by atoms with Crippen molar-refractivity contribution < 1.29 is 19.0 Å². The van der Waals surface area contributed by atoms with Gasteiger partial charge in [0.05, 0.1) is 24.4 Å². The number of methoxy groups -OCH3 is 1. The molecule has 5 nitrogen and oxygen atoms in total. The third kappa shape index (κ3) is 4.53. The summed E-state index contributed by atoms with van der Waals surface area (Å²) < 4.78 is 17.1. The summed E-state index contributed by atoms with van der Waals surface area (Å²) in [4.78, 5) is 13.2. The second kappa shape index (κ2) is 9.08. The normalized spacial score (nSPS) is 10.8. The van der Waals surface area contributed by atoms with Gasteiger partial charge in [-0.15, -0.1) is 11.3 Å². The van der Waals surface area contributed by atoms with Crippen molar-refractivity contribution in [3.8, 4) is 11.5 Å². The molecule has 0 spiro atoms. The number of anilines is 1. The molecule has 27 heavy (non-hydrogen) atoms. The van der Waals surface area contributed by atoms with E-state index in [0.29, 0.717) is 41.2 Å². The van der Waals surface area contributed by atoms with Crippen molar-refractivity contribution >= 4 is 44.6 Å². The highest BCUT2D eigenvalue weighted by molar-refractivity contribution is 7.21. The minimum Gasteiger partial charge on any atom is -0.497 e. The number of thiophene rings is 1. The van der Waals surface area contributed by atoms with Crippen molar-refractivity contribution in [1.29, 1.82) is 0 Å². The average Bonchev–Trinajstić information content (AvgIpc) is 3.02. The van der Waals surface area contributed by atoms with Crippen molar-refractivity contribution in [1.82, 2.24) is 0 Å². The lowest BCUT2D eigenvalue weighted by Gasteiger charge is -2.12. The Bertz CT molecular complexity index is 941. The molecule has 0 unspecified atom stereocenters. The van der Waals surface area contributed by atoms with Crippen LogP contribution in [0.4, 0.5) is 5.69 Å². The van der Waals surface area contributed by atoms with E-state index in [9.17, 15) is 4.79 Å². The maximum atomic E-state index is 12.8. The first kappa shape index (κ1) is 19.5. The van der Waals surface area contributed by atoms with E-state index in [1.54, 1.807) is 19.2 Å². The zero-order valence-corrected chi connectivity index (χ0v) is 16.7. The van der Waals surface area contributed by atoms with Crippen molar-refractivity contribution in [2.75, 3.05) is 32.2 Å². The zero-order valence-electron chi connectivity index (χ0n) is 15.1. The molecule has 0 aliphatic heterocycles. The number of carbonyl (C=O) groups is 1. The quantitative estimate of drug-likeness (QED) is 0.521. The van der Waals surface area contributed by atoms with Gasteiger partial charge in [0.1, 0.15) is 23.0 Å². The van der Waals surface area contributed by atoms with Gasteiger partial charge in [-0.25, -0.2) is 0 Å². The van der Waals surface area contributed by atoms with Gasteiger partial charge in [-0.1, -0.05) is 23.7 Å². The van der Waals surface area contributed by atoms with Crippen LogP contribution < -0.4 is 14.8 Å². The predicted octanol–water partition coefficient (Wildman–Crippen LogP) is 5.23. The fourth-order valence-corrected chi connectivity index (χ4v) is 3.99. The SMILES string of the molecule is CCOCCOc1ccccc1NC(=O)c1sc2cc(OC)ccc2c1Cl. The largest absolute Gasteiger partial charge is 0.497 e. The molecule has 1 amide bonds. The van der Waals surface area contributed by atoms with Crippen LogP contribution in [0.15, 0.2) is 42.5 Å². The minimum absolute atomic E-state index is 0.277. The molecular formula is C20H20ClNO4S. The Balaban J connectivity index is 1.79. The molecule has 1 N–H and O–H groups in total. The second-order valence-corrected chi connectivity index (χ2v) is 7.03. The van der Waals surface area contributed by atoms with Crippen molar-refractivity contribution in [3.05, 3.63) is 52.4 Å². The van der Waals surface area contributed by atoms with E-state index in [-0.39, 0.29) is 5.91 Å². The summed E-state index contributed by atoms with van der Waals surface area (Å²) in [7, 11) is 1.60. The number of hydrogen-bond acceptors (Lipinski definition) is 5. The summed E-state index contributed by atoms with van der Waals surface area (Å²) in [5.74, 6) is 1.03. The standard InChI is InChI=1S/C20H20ClNO4S/c1-3-25-10-11-26-16-7-5-4-6-15(16)22-20(23)19-18(21)14-9-8-13(24-2)12-17(14)27-19/h4-9,12H,3,10-11H2,1-2H3,(H,22,23). The van der Waals surface area contributed by atoms with Crippen molar-refractivity contribution in [2.45, 2.75) is 6.92 Å². The van der Waals surface area contributed by atoms with Crippen LogP contribution in [0.5, 0.6) is 11.5 Å². The van der Waals surface area contributed by atoms with Gasteiger partial charge in [0.2, 0.25) is 0 Å². The molecule has 0 bridgehead atoms. The van der Waals surface area contributed by atoms with Crippen LogP contribution in [0.2, 0.25) is 5.02 Å². The van der Waals surface area contributed by atoms with Gasteiger partial charge in [-0.3, -0.25) is 4.79 Å². The van der Waals surface area contributed by atoms with Crippen LogP contribution in [0, 0.1) is 0 Å². The highest BCUT2D eigenvalue weighted by Gasteiger charge is 2.19. The van der Waals surface area contributed by atoms with Gasteiger partial charge in [0.15, 0.2) is 0 Å². The Morgan fingerprint density at radius 2 is 2.00 bits per heavy atom. The molecule has 142 valence electrons. The molecule has 0 atom stereocenters. The van der Waals surface area contributed by atoms with E-state index in [0.717, 1.165) is 15.8 Å². The lowest BCUT2D eigenvalue weighted by Crippen LogP contribution is -2.13. The Kier molecular flexibility index (Phi) is 6.55. The lowest BCUT2D eigenvalue weighted by molar-refractivity contribution is 0.102. The summed E-state index contributed by atoms with van der Waals surface area (Å²) in [6.07, 6.45) is 0. The molecule has 0 aliphatic carbocycles. The van der Waals surface area contributed by atoms with Gasteiger partial charge in [-0.2, -0.15) is 0 Å². The molecule has 0 saturated carbocycles. The first-order chi connectivity index (χ1) is 13.1. The van der Waals surface area contributed by atoms with Crippen LogP contribution in [0.1, 0.15) is 16.6 Å². The number of amides is 1. The molecule has 7 heteroatoms. The third-order valence-corrected chi connectivity index (χ3v) is 5.52. The number of carbonyl (C=O) groups excluding carboxylic acids is 1. The van der Waals surface area contributed by atoms with Crippen LogP contribution >= 0.6 is 22.9 Å². The Morgan fingerprint density at radius 1 is 1.19 bits per heavy atom. The molecule has 3 rings (SSSR count). The lowest BCUT2D eigenvalue weighted by atomic mass is 10.2. The van der Waals surface area contributed by atoms with Gasteiger partial charge in [0.25, 0.3) is 5.91 Å². The molecule has 0 aliphatic rings. The van der Waals surface area contributed by atoms with E-state index in [4.69, 9.17) is 25.8 Å². The number of fused-ring (bicyclic) bond motifs is 1. The summed E-state index contributed by atoms with van der Waals surface area (Å²) in [6, 6.07) is 12.8. The molecule has 1 aromatic heterocycles. The van der Waals surface area contributed by atoms with E-state index in [1.807, 2.05) is 37.3 Å².